The first-order valence-corrected chi connectivity index (χ1v) is 9.10. The fraction of sp³-hybridized carbons (Fsp3) is 0.227. The fourth-order valence-electron chi connectivity index (χ4n) is 3.22. The molecule has 1 amide bonds. The lowest BCUT2D eigenvalue weighted by molar-refractivity contribution is -0.715. The van der Waals surface area contributed by atoms with Crippen LogP contribution in [0.25, 0.3) is 0 Å². The maximum Gasteiger partial charge on any atom is 0.283 e. The van der Waals surface area contributed by atoms with E-state index in [-0.39, 0.29) is 18.0 Å². The third-order valence-electron chi connectivity index (χ3n) is 4.76. The summed E-state index contributed by atoms with van der Waals surface area (Å²) in [6.07, 6.45) is 3.84. The second kappa shape index (κ2) is 7.58. The van der Waals surface area contributed by atoms with Crippen LogP contribution in [0.5, 0.6) is 0 Å². The van der Waals surface area contributed by atoms with Gasteiger partial charge in [0, 0.05) is 17.2 Å². The lowest BCUT2D eigenvalue weighted by Gasteiger charge is -2.21. The third kappa shape index (κ3) is 3.86. The number of hydrogen-bond acceptors (Lipinski definition) is 2. The molecule has 1 aromatic heterocycles. The van der Waals surface area contributed by atoms with Crippen molar-refractivity contribution >= 4 is 5.91 Å². The first-order chi connectivity index (χ1) is 12.8. The second-order valence-corrected chi connectivity index (χ2v) is 6.77. The Morgan fingerprint density at radius 3 is 2.15 bits per heavy atom. The van der Waals surface area contributed by atoms with Crippen LogP contribution in [0.2, 0.25) is 0 Å². The summed E-state index contributed by atoms with van der Waals surface area (Å²) in [6.45, 7) is 0. The van der Waals surface area contributed by atoms with Crippen molar-refractivity contribution in [1.29, 1.82) is 0 Å². The Hall–Kier alpha value is -2.85. The van der Waals surface area contributed by atoms with Gasteiger partial charge >= 0.3 is 0 Å². The number of benzene rings is 2. The normalized spacial score (nSPS) is 16.0. The minimum atomic E-state index is -0.327. The van der Waals surface area contributed by atoms with Crippen LogP contribution in [0.3, 0.4) is 0 Å². The molecule has 0 spiro atoms. The molecule has 0 bridgehead atoms. The SMILES string of the molecule is O=C(NC1CC1)[C@H]([NH2+][C@H](c1ccccc1)c1ccco1)c1ccccc1. The highest BCUT2D eigenvalue weighted by atomic mass is 16.3. The standard InChI is InChI=1S/C22H22N2O2/c25-22(23-18-13-14-18)21(17-10-5-2-6-11-17)24-20(19-12-7-15-26-19)16-8-3-1-4-9-16/h1-12,15,18,20-21,24H,13-14H2,(H,23,25)/p+1/t20-,21-/m1/s1. The molecule has 2 atom stereocenters. The van der Waals surface area contributed by atoms with E-state index in [0.717, 1.165) is 29.7 Å². The zero-order valence-corrected chi connectivity index (χ0v) is 14.5. The maximum atomic E-state index is 13.0. The molecule has 0 unspecified atom stereocenters. The zero-order chi connectivity index (χ0) is 17.8. The van der Waals surface area contributed by atoms with Crippen molar-refractivity contribution in [3.05, 3.63) is 95.9 Å². The molecule has 2 aromatic carbocycles. The molecule has 4 nitrogen and oxygen atoms in total. The number of hydrogen-bond donors (Lipinski definition) is 2. The first kappa shape index (κ1) is 16.6. The predicted octanol–water partition coefficient (Wildman–Crippen LogP) is 2.95. The highest BCUT2D eigenvalue weighted by Crippen LogP contribution is 2.23. The van der Waals surface area contributed by atoms with Crippen LogP contribution in [0.15, 0.2) is 83.5 Å². The van der Waals surface area contributed by atoms with Crippen LogP contribution >= 0.6 is 0 Å². The van der Waals surface area contributed by atoms with E-state index in [9.17, 15) is 4.79 Å². The Balaban J connectivity index is 1.66. The summed E-state index contributed by atoms with van der Waals surface area (Å²) in [5.41, 5.74) is 2.11. The quantitative estimate of drug-likeness (QED) is 0.690. The van der Waals surface area contributed by atoms with Crippen molar-refractivity contribution < 1.29 is 14.5 Å². The van der Waals surface area contributed by atoms with Gasteiger partial charge in [0.25, 0.3) is 5.91 Å². The van der Waals surface area contributed by atoms with E-state index in [1.54, 1.807) is 6.26 Å². The maximum absolute atomic E-state index is 13.0. The van der Waals surface area contributed by atoms with Gasteiger partial charge in [-0.15, -0.1) is 0 Å². The van der Waals surface area contributed by atoms with E-state index in [1.165, 1.54) is 0 Å². The molecular formula is C22H23N2O2+. The molecule has 3 aromatic rings. The zero-order valence-electron chi connectivity index (χ0n) is 14.5. The molecule has 1 heterocycles. The van der Waals surface area contributed by atoms with Crippen molar-refractivity contribution in [3.63, 3.8) is 0 Å². The summed E-state index contributed by atoms with van der Waals surface area (Å²) < 4.78 is 5.70. The molecule has 1 aliphatic rings. The Morgan fingerprint density at radius 1 is 0.923 bits per heavy atom. The molecule has 1 fully saturated rings. The number of amides is 1. The molecular weight excluding hydrogens is 324 g/mol. The number of rotatable bonds is 7. The van der Waals surface area contributed by atoms with Crippen LogP contribution in [0.4, 0.5) is 0 Å². The highest BCUT2D eigenvalue weighted by molar-refractivity contribution is 5.82. The summed E-state index contributed by atoms with van der Waals surface area (Å²) in [7, 11) is 0. The lowest BCUT2D eigenvalue weighted by atomic mass is 10.00. The van der Waals surface area contributed by atoms with Gasteiger partial charge in [-0.25, -0.2) is 0 Å². The number of carbonyl (C=O) groups is 1. The summed E-state index contributed by atoms with van der Waals surface area (Å²) in [5.74, 6) is 0.905. The van der Waals surface area contributed by atoms with E-state index in [1.807, 2.05) is 60.7 Å². The number of carbonyl (C=O) groups excluding carboxylic acids is 1. The van der Waals surface area contributed by atoms with Crippen LogP contribution in [0.1, 0.15) is 41.8 Å². The summed E-state index contributed by atoms with van der Waals surface area (Å²) in [6, 6.07) is 23.9. The van der Waals surface area contributed by atoms with Gasteiger partial charge in [-0.2, -0.15) is 0 Å². The highest BCUT2D eigenvalue weighted by Gasteiger charge is 2.34. The van der Waals surface area contributed by atoms with Gasteiger partial charge in [-0.3, -0.25) is 4.79 Å². The minimum Gasteiger partial charge on any atom is -0.463 e. The summed E-state index contributed by atoms with van der Waals surface area (Å²) >= 11 is 0. The van der Waals surface area contributed by atoms with Gasteiger partial charge in [0.15, 0.2) is 17.8 Å². The van der Waals surface area contributed by atoms with E-state index < -0.39 is 0 Å². The van der Waals surface area contributed by atoms with Gasteiger partial charge in [0.2, 0.25) is 0 Å². The number of nitrogens with one attached hydrogen (secondary N) is 1. The average molecular weight is 347 g/mol. The van der Waals surface area contributed by atoms with Crippen molar-refractivity contribution in [2.24, 2.45) is 0 Å². The van der Waals surface area contributed by atoms with E-state index in [0.29, 0.717) is 6.04 Å². The Labute approximate surface area is 153 Å². The molecule has 0 radical (unpaired) electrons. The van der Waals surface area contributed by atoms with Crippen LogP contribution < -0.4 is 10.6 Å². The Bertz CT molecular complexity index is 827. The largest absolute Gasteiger partial charge is 0.463 e. The van der Waals surface area contributed by atoms with Crippen molar-refractivity contribution in [1.82, 2.24) is 5.32 Å². The number of quaternary nitrogens is 1. The Morgan fingerprint density at radius 2 is 1.58 bits per heavy atom. The summed E-state index contributed by atoms with van der Waals surface area (Å²) in [4.78, 5) is 13.0. The molecule has 0 aliphatic heterocycles. The van der Waals surface area contributed by atoms with Gasteiger partial charge < -0.3 is 15.1 Å². The predicted molar refractivity (Wildman–Crippen MR) is 99.3 cm³/mol. The molecule has 132 valence electrons. The molecule has 3 N–H and O–H groups in total. The van der Waals surface area contributed by atoms with E-state index in [2.05, 4.69) is 22.8 Å². The van der Waals surface area contributed by atoms with E-state index >= 15 is 0 Å². The van der Waals surface area contributed by atoms with Crippen LogP contribution in [-0.4, -0.2) is 11.9 Å². The molecule has 4 rings (SSSR count). The molecule has 1 saturated carbocycles. The monoisotopic (exact) mass is 347 g/mol. The third-order valence-corrected chi connectivity index (χ3v) is 4.76. The summed E-state index contributed by atoms with van der Waals surface area (Å²) in [5, 5.41) is 5.25. The lowest BCUT2D eigenvalue weighted by Crippen LogP contribution is -2.88. The fourth-order valence-corrected chi connectivity index (χ4v) is 3.22. The average Bonchev–Trinajstić information content (AvgIpc) is 3.33. The van der Waals surface area contributed by atoms with Crippen molar-refractivity contribution in [2.45, 2.75) is 31.0 Å². The van der Waals surface area contributed by atoms with Gasteiger partial charge in [0.05, 0.1) is 6.26 Å². The molecule has 26 heavy (non-hydrogen) atoms. The van der Waals surface area contributed by atoms with Gasteiger partial charge in [0.1, 0.15) is 0 Å². The number of nitrogens with two attached hydrogens (primary N) is 1. The van der Waals surface area contributed by atoms with Gasteiger partial charge in [-0.05, 0) is 25.0 Å². The van der Waals surface area contributed by atoms with Crippen molar-refractivity contribution in [3.8, 4) is 0 Å². The van der Waals surface area contributed by atoms with Crippen LogP contribution in [0, 0.1) is 0 Å². The Kier molecular flexibility index (Phi) is 4.84. The number of furan rings is 1. The molecule has 4 heteroatoms. The minimum absolute atomic E-state index is 0.0613. The smallest absolute Gasteiger partial charge is 0.283 e. The second-order valence-electron chi connectivity index (χ2n) is 6.77. The topological polar surface area (TPSA) is 58.9 Å². The molecule has 1 aliphatic carbocycles. The first-order valence-electron chi connectivity index (χ1n) is 9.10. The van der Waals surface area contributed by atoms with Crippen molar-refractivity contribution in [2.75, 3.05) is 0 Å². The van der Waals surface area contributed by atoms with Gasteiger partial charge in [-0.1, -0.05) is 60.7 Å². The van der Waals surface area contributed by atoms with Crippen LogP contribution in [-0.2, 0) is 4.79 Å². The van der Waals surface area contributed by atoms with E-state index in [4.69, 9.17) is 4.42 Å². The molecule has 0 saturated heterocycles.